The number of rotatable bonds is 59. The monoisotopic (exact) mass is 1430 g/mol. The van der Waals surface area contributed by atoms with Gasteiger partial charge in [0.2, 0.25) is 11.8 Å². The summed E-state index contributed by atoms with van der Waals surface area (Å²) in [5, 5.41) is 25.9. The fraction of sp³-hybridized carbons (Fsp3) is 0.653. The Morgan fingerprint density at radius 1 is 0.614 bits per heavy atom. The van der Waals surface area contributed by atoms with Gasteiger partial charge in [-0.25, -0.2) is 4.68 Å². The van der Waals surface area contributed by atoms with Crippen molar-refractivity contribution in [1.82, 2.24) is 30.5 Å². The molecule has 3 aromatic carbocycles. The Bertz CT molecular complexity index is 3090. The molecule has 1 fully saturated rings. The highest BCUT2D eigenvalue weighted by atomic mass is 32.2. The van der Waals surface area contributed by atoms with Gasteiger partial charge in [0, 0.05) is 136 Å². The SMILES string of the molecule is COCCOCCCOCCCOCCCOCCCOCCCOCCOCCn1cc(CCC(=O)c2cccc(S(=O)(=O)OCC(C)(O)C(=O)[C@H](CC(C)C)NC(=O)[C@@H](CC(=O)[C@H](CC(C)C)NC(=O)[C@H](CCc3ccccc3)CC(=O)CN3CCOCC3)Cc3ccccc3)c2)nn1. The predicted octanol–water partition coefficient (Wildman–Crippen LogP) is 7.25. The van der Waals surface area contributed by atoms with E-state index >= 15 is 0 Å². The number of morpholine rings is 1. The van der Waals surface area contributed by atoms with Crippen LogP contribution >= 0.6 is 0 Å². The van der Waals surface area contributed by atoms with Gasteiger partial charge >= 0.3 is 0 Å². The van der Waals surface area contributed by atoms with Crippen molar-refractivity contribution in [2.45, 2.75) is 154 Å². The van der Waals surface area contributed by atoms with E-state index in [1.807, 2.05) is 81.1 Å². The number of methoxy groups -OCH3 is 1. The Morgan fingerprint density at radius 2 is 1.13 bits per heavy atom. The molecule has 26 heteroatoms. The summed E-state index contributed by atoms with van der Waals surface area (Å²) >= 11 is 0. The third-order valence-electron chi connectivity index (χ3n) is 16.7. The first-order valence-corrected chi connectivity index (χ1v) is 37.4. The number of amides is 2. The first kappa shape index (κ1) is 85.5. The number of carbonyl (C=O) groups is 6. The van der Waals surface area contributed by atoms with Crippen LogP contribution in [0.25, 0.3) is 0 Å². The van der Waals surface area contributed by atoms with Crippen LogP contribution in [0.1, 0.15) is 132 Å². The average Bonchev–Trinajstić information content (AvgIpc) is 1.28. The Kier molecular flexibility index (Phi) is 41.9. The molecule has 1 aromatic heterocycles. The Hall–Kier alpha value is -6.11. The molecule has 101 heavy (non-hydrogen) atoms. The van der Waals surface area contributed by atoms with Gasteiger partial charge in [-0.15, -0.1) is 5.10 Å². The first-order chi connectivity index (χ1) is 48.7. The van der Waals surface area contributed by atoms with Crippen LogP contribution < -0.4 is 10.6 Å². The van der Waals surface area contributed by atoms with Gasteiger partial charge in [0.1, 0.15) is 18.0 Å². The Labute approximate surface area is 598 Å². The molecular formula is C75H114N6O19S. The van der Waals surface area contributed by atoms with Crippen molar-refractivity contribution in [2.24, 2.45) is 23.7 Å². The number of nitrogens with zero attached hydrogens (tertiary/aromatic N) is 4. The molecule has 0 saturated carbocycles. The quantitative estimate of drug-likeness (QED) is 0.0223. The van der Waals surface area contributed by atoms with E-state index in [-0.39, 0.29) is 85.4 Å². The van der Waals surface area contributed by atoms with Crippen molar-refractivity contribution < 1.29 is 89.1 Å². The number of carbonyl (C=O) groups excluding carboxylic acids is 6. The highest BCUT2D eigenvalue weighted by molar-refractivity contribution is 7.86. The number of ether oxygens (including phenoxy) is 9. The van der Waals surface area contributed by atoms with E-state index < -0.39 is 69.6 Å². The van der Waals surface area contributed by atoms with Gasteiger partial charge in [-0.3, -0.25) is 37.9 Å². The predicted molar refractivity (Wildman–Crippen MR) is 380 cm³/mol. The number of hydrogen-bond donors (Lipinski definition) is 3. The molecule has 1 aliphatic rings. The zero-order valence-electron chi connectivity index (χ0n) is 60.6. The second-order valence-electron chi connectivity index (χ2n) is 26.6. The van der Waals surface area contributed by atoms with Crippen molar-refractivity contribution in [3.05, 3.63) is 114 Å². The van der Waals surface area contributed by atoms with Gasteiger partial charge in [-0.05, 0) is 106 Å². The van der Waals surface area contributed by atoms with Gasteiger partial charge in [0.15, 0.2) is 17.3 Å². The third kappa shape index (κ3) is 36.2. The van der Waals surface area contributed by atoms with Crippen molar-refractivity contribution in [3.8, 4) is 0 Å². The number of aryl methyl sites for hydroxylation is 2. The van der Waals surface area contributed by atoms with Crippen LogP contribution in [0.2, 0.25) is 0 Å². The minimum Gasteiger partial charge on any atom is -0.382 e. The lowest BCUT2D eigenvalue weighted by molar-refractivity contribution is -0.143. The fourth-order valence-corrected chi connectivity index (χ4v) is 12.2. The van der Waals surface area contributed by atoms with Crippen molar-refractivity contribution in [1.29, 1.82) is 0 Å². The molecule has 1 unspecified atom stereocenters. The van der Waals surface area contributed by atoms with Crippen LogP contribution in [0.3, 0.4) is 0 Å². The smallest absolute Gasteiger partial charge is 0.297 e. The van der Waals surface area contributed by atoms with E-state index in [9.17, 15) is 42.3 Å². The molecular weight excluding hydrogens is 1320 g/mol. The summed E-state index contributed by atoms with van der Waals surface area (Å²) in [5.74, 6) is -4.96. The standard InChI is InChI=1S/C75H114N6O19S/c1-58(2)49-68(76-73(86)63(26-25-60-19-9-7-10-20-60)52-66(82)56-80-29-42-98-43-30-80)71(84)54-64(51-61-21-11-8-12-22-61)74(87)77-69(50-59(3)4)72(85)75(5,88)57-100-101(89,90)67-24-13-23-62(53-67)70(83)28-27-65-55-81(79-78-65)31-44-99-48-47-97-41-18-39-95-37-16-35-93-33-14-32-92-34-15-36-94-38-17-40-96-46-45-91-6/h7-13,19-24,53,55,58-59,63-64,68-69,88H,14-18,25-52,54,56-57H2,1-6H3,(H,76,86)(H,77,87)/t63-,64-,68+,69+,75?/m1/s1. The highest BCUT2D eigenvalue weighted by Gasteiger charge is 2.41. The molecule has 3 N–H and O–H groups in total. The Morgan fingerprint density at radius 3 is 1.69 bits per heavy atom. The van der Waals surface area contributed by atoms with E-state index in [2.05, 4.69) is 20.9 Å². The molecule has 0 aliphatic carbocycles. The molecule has 5 rings (SSSR count). The summed E-state index contributed by atoms with van der Waals surface area (Å²) in [4.78, 5) is 86.7. The van der Waals surface area contributed by atoms with Crippen LogP contribution in [-0.4, -0.2) is 232 Å². The van der Waals surface area contributed by atoms with E-state index in [1.54, 1.807) is 30.1 Å². The number of benzene rings is 3. The molecule has 1 saturated heterocycles. The summed E-state index contributed by atoms with van der Waals surface area (Å²) in [6.07, 6.45) is 6.97. The van der Waals surface area contributed by atoms with Crippen LogP contribution in [0.5, 0.6) is 0 Å². The summed E-state index contributed by atoms with van der Waals surface area (Å²) in [7, 11) is -3.02. The van der Waals surface area contributed by atoms with Gasteiger partial charge in [-0.2, -0.15) is 8.42 Å². The number of ketones is 4. The summed E-state index contributed by atoms with van der Waals surface area (Å²) < 4.78 is 84.2. The lowest BCUT2D eigenvalue weighted by Crippen LogP contribution is -2.54. The maximum atomic E-state index is 14.7. The van der Waals surface area contributed by atoms with Crippen LogP contribution in [0.15, 0.2) is 96.0 Å². The lowest BCUT2D eigenvalue weighted by atomic mass is 9.86. The number of Topliss-reactive ketones (excluding diaryl/α,β-unsaturated/α-hetero) is 4. The molecule has 2 heterocycles. The second-order valence-corrected chi connectivity index (χ2v) is 28.2. The number of hydrogen-bond acceptors (Lipinski definition) is 22. The van der Waals surface area contributed by atoms with E-state index in [0.29, 0.717) is 150 Å². The van der Waals surface area contributed by atoms with E-state index in [4.69, 9.17) is 46.8 Å². The summed E-state index contributed by atoms with van der Waals surface area (Å²) in [6, 6.07) is 21.6. The van der Waals surface area contributed by atoms with Gasteiger partial charge in [0.05, 0.1) is 82.0 Å². The fourth-order valence-electron chi connectivity index (χ4n) is 11.2. The van der Waals surface area contributed by atoms with Crippen LogP contribution in [0, 0.1) is 23.7 Å². The topological polar surface area (TPSA) is 307 Å². The van der Waals surface area contributed by atoms with E-state index in [0.717, 1.165) is 56.2 Å². The second kappa shape index (κ2) is 49.5. The average molecular weight is 1440 g/mol. The normalized spacial score (nSPS) is 14.7. The number of aromatic nitrogens is 3. The van der Waals surface area contributed by atoms with Crippen LogP contribution in [-0.2, 0) is 107 Å². The van der Waals surface area contributed by atoms with Gasteiger partial charge < -0.3 is 58.4 Å². The van der Waals surface area contributed by atoms with Crippen molar-refractivity contribution in [2.75, 3.05) is 146 Å². The maximum absolute atomic E-state index is 14.7. The molecule has 0 bridgehead atoms. The minimum atomic E-state index is -4.68. The van der Waals surface area contributed by atoms with Crippen LogP contribution in [0.4, 0.5) is 0 Å². The molecule has 564 valence electrons. The largest absolute Gasteiger partial charge is 0.382 e. The number of aliphatic hydroxyl groups is 1. The van der Waals surface area contributed by atoms with Crippen molar-refractivity contribution in [3.63, 3.8) is 0 Å². The van der Waals surface area contributed by atoms with Gasteiger partial charge in [-0.1, -0.05) is 106 Å². The summed E-state index contributed by atoms with van der Waals surface area (Å²) in [6.45, 7) is 19.2. The molecule has 0 spiro atoms. The lowest BCUT2D eigenvalue weighted by Gasteiger charge is -2.30. The Balaban J connectivity index is 1.02. The molecule has 0 radical (unpaired) electrons. The third-order valence-corrected chi connectivity index (χ3v) is 17.9. The van der Waals surface area contributed by atoms with Gasteiger partial charge in [0.25, 0.3) is 10.1 Å². The molecule has 25 nitrogen and oxygen atoms in total. The molecule has 1 aliphatic heterocycles. The molecule has 4 aromatic rings. The zero-order valence-corrected chi connectivity index (χ0v) is 61.4. The minimum absolute atomic E-state index is 0.0172. The number of nitrogens with one attached hydrogen (secondary N) is 2. The zero-order chi connectivity index (χ0) is 72.9. The maximum Gasteiger partial charge on any atom is 0.297 e. The summed E-state index contributed by atoms with van der Waals surface area (Å²) in [5.41, 5.74) is -0.0997. The highest BCUT2D eigenvalue weighted by Crippen LogP contribution is 2.24. The first-order valence-electron chi connectivity index (χ1n) is 36.0. The molecule has 5 atom stereocenters. The van der Waals surface area contributed by atoms with E-state index in [1.165, 1.54) is 18.2 Å². The van der Waals surface area contributed by atoms with Crippen molar-refractivity contribution >= 4 is 45.1 Å². The molecule has 2 amide bonds.